The van der Waals surface area contributed by atoms with Crippen molar-refractivity contribution in [3.05, 3.63) is 36.0 Å². The summed E-state index contributed by atoms with van der Waals surface area (Å²) >= 11 is 0. The maximum atomic E-state index is 12.1. The van der Waals surface area contributed by atoms with Gasteiger partial charge in [0, 0.05) is 23.9 Å². The topological polar surface area (TPSA) is 86.7 Å². The Kier molecular flexibility index (Phi) is 2.86. The van der Waals surface area contributed by atoms with E-state index in [9.17, 15) is 4.79 Å². The molecule has 18 heavy (non-hydrogen) atoms. The van der Waals surface area contributed by atoms with Crippen molar-refractivity contribution in [3.8, 4) is 0 Å². The van der Waals surface area contributed by atoms with Crippen molar-refractivity contribution in [1.82, 2.24) is 19.7 Å². The van der Waals surface area contributed by atoms with E-state index in [0.29, 0.717) is 5.82 Å². The lowest BCUT2D eigenvalue weighted by Gasteiger charge is -2.13. The SMILES string of the molecule is CC(C)(C)c1cc(N)n(C(=O)c2cnccn2)n1. The summed E-state index contributed by atoms with van der Waals surface area (Å²) in [4.78, 5) is 19.9. The minimum Gasteiger partial charge on any atom is -0.383 e. The molecule has 2 aromatic rings. The highest BCUT2D eigenvalue weighted by Crippen LogP contribution is 2.22. The monoisotopic (exact) mass is 245 g/mol. The van der Waals surface area contributed by atoms with Crippen LogP contribution in [0.2, 0.25) is 0 Å². The standard InChI is InChI=1S/C12H15N5O/c1-12(2,3)9-6-10(13)17(16-9)11(18)8-7-14-4-5-15-8/h4-7H,13H2,1-3H3. The molecule has 2 rings (SSSR count). The Morgan fingerprint density at radius 3 is 2.56 bits per heavy atom. The van der Waals surface area contributed by atoms with Crippen LogP contribution in [0.5, 0.6) is 0 Å². The highest BCUT2D eigenvalue weighted by atomic mass is 16.2. The molecule has 0 saturated heterocycles. The minimum atomic E-state index is -0.379. The maximum absolute atomic E-state index is 12.1. The predicted molar refractivity (Wildman–Crippen MR) is 67.1 cm³/mol. The molecule has 0 bridgehead atoms. The zero-order valence-electron chi connectivity index (χ0n) is 10.6. The molecule has 0 unspecified atom stereocenters. The minimum absolute atomic E-state index is 0.165. The Labute approximate surface area is 105 Å². The van der Waals surface area contributed by atoms with Gasteiger partial charge in [-0.15, -0.1) is 0 Å². The van der Waals surface area contributed by atoms with Gasteiger partial charge in [-0.3, -0.25) is 9.78 Å². The van der Waals surface area contributed by atoms with Crippen LogP contribution in [0.1, 0.15) is 37.0 Å². The second kappa shape index (κ2) is 4.21. The first-order valence-corrected chi connectivity index (χ1v) is 5.56. The van der Waals surface area contributed by atoms with Gasteiger partial charge in [-0.2, -0.15) is 9.78 Å². The summed E-state index contributed by atoms with van der Waals surface area (Å²) in [5.74, 6) is -0.0771. The van der Waals surface area contributed by atoms with E-state index in [1.54, 1.807) is 6.07 Å². The quantitative estimate of drug-likeness (QED) is 0.816. The molecule has 6 heteroatoms. The van der Waals surface area contributed by atoms with Crippen molar-refractivity contribution >= 4 is 11.7 Å². The molecule has 0 amide bonds. The molecule has 0 aliphatic rings. The fourth-order valence-corrected chi connectivity index (χ4v) is 1.44. The molecule has 2 N–H and O–H groups in total. The molecule has 0 atom stereocenters. The van der Waals surface area contributed by atoms with Gasteiger partial charge in [0.1, 0.15) is 11.5 Å². The average molecular weight is 245 g/mol. The highest BCUT2D eigenvalue weighted by Gasteiger charge is 2.22. The van der Waals surface area contributed by atoms with Crippen molar-refractivity contribution < 1.29 is 4.79 Å². The Balaban J connectivity index is 2.41. The number of aromatic nitrogens is 4. The molecule has 0 spiro atoms. The first-order valence-electron chi connectivity index (χ1n) is 5.56. The molecule has 2 aromatic heterocycles. The Morgan fingerprint density at radius 1 is 1.33 bits per heavy atom. The molecule has 0 fully saturated rings. The molecular weight excluding hydrogens is 230 g/mol. The van der Waals surface area contributed by atoms with Crippen LogP contribution in [0.4, 0.5) is 5.82 Å². The Bertz CT molecular complexity index is 568. The van der Waals surface area contributed by atoms with Gasteiger partial charge in [-0.25, -0.2) is 4.98 Å². The maximum Gasteiger partial charge on any atom is 0.300 e. The molecule has 6 nitrogen and oxygen atoms in total. The third-order valence-electron chi connectivity index (χ3n) is 2.48. The van der Waals surface area contributed by atoms with Crippen LogP contribution in [0.3, 0.4) is 0 Å². The van der Waals surface area contributed by atoms with Crippen LogP contribution < -0.4 is 5.73 Å². The third kappa shape index (κ3) is 2.22. The van der Waals surface area contributed by atoms with Crippen molar-refractivity contribution in [2.45, 2.75) is 26.2 Å². The zero-order chi connectivity index (χ0) is 13.3. The first kappa shape index (κ1) is 12.2. The van der Waals surface area contributed by atoms with Gasteiger partial charge < -0.3 is 5.73 Å². The molecule has 0 aliphatic heterocycles. The summed E-state index contributed by atoms with van der Waals surface area (Å²) in [6.07, 6.45) is 4.35. The van der Waals surface area contributed by atoms with Crippen LogP contribution in [0.25, 0.3) is 0 Å². The van der Waals surface area contributed by atoms with E-state index in [-0.39, 0.29) is 17.0 Å². The largest absolute Gasteiger partial charge is 0.383 e. The third-order valence-corrected chi connectivity index (χ3v) is 2.48. The summed E-state index contributed by atoms with van der Waals surface area (Å²) in [6, 6.07) is 1.70. The number of rotatable bonds is 1. The molecule has 94 valence electrons. The van der Waals surface area contributed by atoms with Gasteiger partial charge >= 0.3 is 0 Å². The number of nitrogens with zero attached hydrogens (tertiary/aromatic N) is 4. The second-order valence-electron chi connectivity index (χ2n) is 5.01. The van der Waals surface area contributed by atoms with E-state index in [2.05, 4.69) is 15.1 Å². The van der Waals surface area contributed by atoms with E-state index in [4.69, 9.17) is 5.73 Å². The number of hydrogen-bond acceptors (Lipinski definition) is 5. The molecule has 0 radical (unpaired) electrons. The second-order valence-corrected chi connectivity index (χ2v) is 5.01. The predicted octanol–water partition coefficient (Wildman–Crippen LogP) is 1.24. The number of carbonyl (C=O) groups is 1. The highest BCUT2D eigenvalue weighted by molar-refractivity contribution is 5.94. The smallest absolute Gasteiger partial charge is 0.300 e. The zero-order valence-corrected chi connectivity index (χ0v) is 10.6. The number of hydrogen-bond donors (Lipinski definition) is 1. The molecule has 0 aliphatic carbocycles. The molecule has 0 saturated carbocycles. The Hall–Kier alpha value is -2.24. The van der Waals surface area contributed by atoms with Crippen LogP contribution in [-0.2, 0) is 5.41 Å². The summed E-state index contributed by atoms with van der Waals surface area (Å²) < 4.78 is 1.16. The van der Waals surface area contributed by atoms with Crippen LogP contribution in [0.15, 0.2) is 24.7 Å². The van der Waals surface area contributed by atoms with E-state index in [1.807, 2.05) is 20.8 Å². The number of anilines is 1. The lowest BCUT2D eigenvalue weighted by Crippen LogP contribution is -2.19. The fraction of sp³-hybridized carbons (Fsp3) is 0.333. The number of carbonyl (C=O) groups excluding carboxylic acids is 1. The van der Waals surface area contributed by atoms with Crippen molar-refractivity contribution in [2.75, 3.05) is 5.73 Å². The van der Waals surface area contributed by atoms with Crippen LogP contribution in [-0.4, -0.2) is 25.7 Å². The van der Waals surface area contributed by atoms with Gasteiger partial charge in [-0.1, -0.05) is 20.8 Å². The normalized spacial score (nSPS) is 11.5. The summed E-state index contributed by atoms with van der Waals surface area (Å²) in [5.41, 5.74) is 6.62. The fourth-order valence-electron chi connectivity index (χ4n) is 1.44. The number of nitrogens with two attached hydrogens (primary N) is 1. The van der Waals surface area contributed by atoms with E-state index < -0.39 is 0 Å². The van der Waals surface area contributed by atoms with Crippen LogP contribution in [0, 0.1) is 0 Å². The van der Waals surface area contributed by atoms with Gasteiger partial charge in [0.05, 0.1) is 11.9 Å². The first-order chi connectivity index (χ1) is 8.39. The van der Waals surface area contributed by atoms with Crippen molar-refractivity contribution in [2.24, 2.45) is 0 Å². The summed E-state index contributed by atoms with van der Waals surface area (Å²) in [5, 5.41) is 4.23. The van der Waals surface area contributed by atoms with Gasteiger partial charge in [-0.05, 0) is 0 Å². The van der Waals surface area contributed by atoms with Gasteiger partial charge in [0.25, 0.3) is 5.91 Å². The summed E-state index contributed by atoms with van der Waals surface area (Å²) in [7, 11) is 0. The van der Waals surface area contributed by atoms with Gasteiger partial charge in [0.15, 0.2) is 0 Å². The van der Waals surface area contributed by atoms with E-state index in [1.165, 1.54) is 18.6 Å². The molecule has 2 heterocycles. The summed E-state index contributed by atoms with van der Waals surface area (Å²) in [6.45, 7) is 6.02. The van der Waals surface area contributed by atoms with Crippen molar-refractivity contribution in [3.63, 3.8) is 0 Å². The lowest BCUT2D eigenvalue weighted by molar-refractivity contribution is 0.0941. The lowest BCUT2D eigenvalue weighted by atomic mass is 9.92. The molecular formula is C12H15N5O. The van der Waals surface area contributed by atoms with Crippen LogP contribution >= 0.6 is 0 Å². The average Bonchev–Trinajstić information content (AvgIpc) is 2.71. The molecule has 0 aromatic carbocycles. The van der Waals surface area contributed by atoms with Gasteiger partial charge in [0.2, 0.25) is 0 Å². The van der Waals surface area contributed by atoms with E-state index >= 15 is 0 Å². The van der Waals surface area contributed by atoms with E-state index in [0.717, 1.165) is 10.4 Å². The van der Waals surface area contributed by atoms with Crippen molar-refractivity contribution in [1.29, 1.82) is 0 Å². The number of nitrogen functional groups attached to an aromatic ring is 1. The Morgan fingerprint density at radius 2 is 2.06 bits per heavy atom.